The smallest absolute Gasteiger partial charge is 0.246 e. The van der Waals surface area contributed by atoms with E-state index >= 15 is 0 Å². The molecule has 7 heteroatoms. The number of carbonyl (C=O) groups excluding carboxylic acids is 1. The van der Waals surface area contributed by atoms with Crippen molar-refractivity contribution in [3.63, 3.8) is 0 Å². The van der Waals surface area contributed by atoms with Crippen LogP contribution in [0.3, 0.4) is 0 Å². The second kappa shape index (κ2) is 9.96. The van der Waals surface area contributed by atoms with Gasteiger partial charge in [0.2, 0.25) is 5.91 Å². The molecule has 2 heterocycles. The van der Waals surface area contributed by atoms with Crippen LogP contribution in [0.15, 0.2) is 67.0 Å². The summed E-state index contributed by atoms with van der Waals surface area (Å²) < 4.78 is 10.6. The van der Waals surface area contributed by atoms with E-state index < -0.39 is 0 Å². The molecule has 3 aromatic rings. The Morgan fingerprint density at radius 3 is 2.38 bits per heavy atom. The summed E-state index contributed by atoms with van der Waals surface area (Å²) in [7, 11) is 3.19. The molecule has 0 bridgehead atoms. The molecule has 1 aromatic heterocycles. The van der Waals surface area contributed by atoms with Gasteiger partial charge in [-0.05, 0) is 23.8 Å². The maximum absolute atomic E-state index is 12.7. The molecule has 0 saturated carbocycles. The second-order valence-corrected chi connectivity index (χ2v) is 7.39. The van der Waals surface area contributed by atoms with Crippen molar-refractivity contribution >= 4 is 17.8 Å². The third-order valence-corrected chi connectivity index (χ3v) is 5.46. The first-order valence-electron chi connectivity index (χ1n) is 10.5. The highest BCUT2D eigenvalue weighted by Crippen LogP contribution is 2.28. The number of ether oxygens (including phenoxy) is 2. The molecule has 1 amide bonds. The summed E-state index contributed by atoms with van der Waals surface area (Å²) in [6.45, 7) is 2.72. The predicted molar refractivity (Wildman–Crippen MR) is 125 cm³/mol. The quantitative estimate of drug-likeness (QED) is 0.558. The zero-order valence-corrected chi connectivity index (χ0v) is 18.3. The molecule has 32 heavy (non-hydrogen) atoms. The van der Waals surface area contributed by atoms with Gasteiger partial charge in [-0.3, -0.25) is 4.79 Å². The van der Waals surface area contributed by atoms with Crippen LogP contribution >= 0.6 is 0 Å². The molecule has 0 spiro atoms. The Labute approximate surface area is 187 Å². The van der Waals surface area contributed by atoms with Gasteiger partial charge in [-0.1, -0.05) is 36.4 Å². The Morgan fingerprint density at radius 1 is 0.906 bits per heavy atom. The minimum atomic E-state index is -0.00732. The number of amides is 1. The molecule has 1 aliphatic heterocycles. The van der Waals surface area contributed by atoms with Crippen LogP contribution < -0.4 is 14.4 Å². The molecular weight excluding hydrogens is 404 g/mol. The van der Waals surface area contributed by atoms with Crippen LogP contribution in [0.5, 0.6) is 11.5 Å². The van der Waals surface area contributed by atoms with Gasteiger partial charge in [0.25, 0.3) is 0 Å². The van der Waals surface area contributed by atoms with Gasteiger partial charge in [0.15, 0.2) is 11.5 Å². The molecule has 1 saturated heterocycles. The van der Waals surface area contributed by atoms with Crippen molar-refractivity contribution in [2.75, 3.05) is 45.3 Å². The zero-order chi connectivity index (χ0) is 22.3. The lowest BCUT2D eigenvalue weighted by atomic mass is 10.1. The van der Waals surface area contributed by atoms with E-state index in [4.69, 9.17) is 9.47 Å². The molecule has 0 radical (unpaired) electrons. The summed E-state index contributed by atoms with van der Waals surface area (Å²) in [5.41, 5.74) is 2.83. The number of carbonyl (C=O) groups is 1. The Kier molecular flexibility index (Phi) is 6.65. The van der Waals surface area contributed by atoms with E-state index in [1.807, 2.05) is 59.5 Å². The topological polar surface area (TPSA) is 67.8 Å². The van der Waals surface area contributed by atoms with Crippen molar-refractivity contribution in [2.24, 2.45) is 0 Å². The number of benzene rings is 2. The maximum Gasteiger partial charge on any atom is 0.246 e. The summed E-state index contributed by atoms with van der Waals surface area (Å²) >= 11 is 0. The van der Waals surface area contributed by atoms with Gasteiger partial charge in [-0.2, -0.15) is 0 Å². The fraction of sp³-hybridized carbons (Fsp3) is 0.240. The summed E-state index contributed by atoms with van der Waals surface area (Å²) in [6.07, 6.45) is 5.00. The van der Waals surface area contributed by atoms with Crippen LogP contribution in [0, 0.1) is 0 Å². The predicted octanol–water partition coefficient (Wildman–Crippen LogP) is 3.52. The first kappa shape index (κ1) is 21.4. The van der Waals surface area contributed by atoms with Crippen molar-refractivity contribution < 1.29 is 14.3 Å². The van der Waals surface area contributed by atoms with E-state index in [1.54, 1.807) is 32.7 Å². The fourth-order valence-corrected chi connectivity index (χ4v) is 3.67. The first-order valence-corrected chi connectivity index (χ1v) is 10.5. The lowest BCUT2D eigenvalue weighted by molar-refractivity contribution is -0.126. The average Bonchev–Trinajstić information content (AvgIpc) is 2.87. The highest BCUT2D eigenvalue weighted by Gasteiger charge is 2.21. The Bertz CT molecular complexity index is 1090. The van der Waals surface area contributed by atoms with Crippen molar-refractivity contribution in [3.05, 3.63) is 72.6 Å². The minimum Gasteiger partial charge on any atom is -0.493 e. The van der Waals surface area contributed by atoms with Gasteiger partial charge in [0.1, 0.15) is 12.1 Å². The zero-order valence-electron chi connectivity index (χ0n) is 18.3. The van der Waals surface area contributed by atoms with Crippen molar-refractivity contribution in [1.29, 1.82) is 0 Å². The van der Waals surface area contributed by atoms with Crippen LogP contribution in [0.4, 0.5) is 5.82 Å². The molecule has 0 atom stereocenters. The van der Waals surface area contributed by atoms with Gasteiger partial charge in [0, 0.05) is 43.9 Å². The van der Waals surface area contributed by atoms with Crippen molar-refractivity contribution in [1.82, 2.24) is 14.9 Å². The lowest BCUT2D eigenvalue weighted by Crippen LogP contribution is -2.48. The minimum absolute atomic E-state index is 0.00732. The summed E-state index contributed by atoms with van der Waals surface area (Å²) in [5, 5.41) is 0. The van der Waals surface area contributed by atoms with E-state index in [2.05, 4.69) is 14.9 Å². The molecule has 0 N–H and O–H groups in total. The molecule has 0 aliphatic carbocycles. The fourth-order valence-electron chi connectivity index (χ4n) is 3.67. The second-order valence-electron chi connectivity index (χ2n) is 7.39. The molecule has 1 fully saturated rings. The number of anilines is 1. The molecule has 2 aromatic carbocycles. The standard InChI is InChI=1S/C25H26N4O3/c1-31-22-10-8-19(16-23(22)32-2)9-11-25(30)29-14-12-28(13-15-29)24-17-21(26-18-27-24)20-6-4-3-5-7-20/h3-11,16-18H,12-15H2,1-2H3/b11-9+. The van der Waals surface area contributed by atoms with Crippen LogP contribution in [-0.2, 0) is 4.79 Å². The summed E-state index contributed by atoms with van der Waals surface area (Å²) in [4.78, 5) is 25.6. The van der Waals surface area contributed by atoms with Crippen LogP contribution in [0.1, 0.15) is 5.56 Å². The SMILES string of the molecule is COc1ccc(/C=C/C(=O)N2CCN(c3cc(-c4ccccc4)ncn3)CC2)cc1OC. The van der Waals surface area contributed by atoms with E-state index in [0.29, 0.717) is 24.6 Å². The van der Waals surface area contributed by atoms with Crippen LogP contribution in [0.2, 0.25) is 0 Å². The van der Waals surface area contributed by atoms with Crippen molar-refractivity contribution in [2.45, 2.75) is 0 Å². The van der Waals surface area contributed by atoms with Gasteiger partial charge >= 0.3 is 0 Å². The van der Waals surface area contributed by atoms with E-state index in [1.165, 1.54) is 0 Å². The van der Waals surface area contributed by atoms with Gasteiger partial charge in [-0.15, -0.1) is 0 Å². The molecule has 1 aliphatic rings. The van der Waals surface area contributed by atoms with Crippen LogP contribution in [0.25, 0.3) is 17.3 Å². The third kappa shape index (κ3) is 4.88. The average molecular weight is 431 g/mol. The third-order valence-electron chi connectivity index (χ3n) is 5.46. The Morgan fingerprint density at radius 2 is 1.66 bits per heavy atom. The highest BCUT2D eigenvalue weighted by atomic mass is 16.5. The van der Waals surface area contributed by atoms with Crippen molar-refractivity contribution in [3.8, 4) is 22.8 Å². The molecule has 7 nitrogen and oxygen atoms in total. The maximum atomic E-state index is 12.7. The normalized spacial score (nSPS) is 13.9. The van der Waals surface area contributed by atoms with Gasteiger partial charge in [-0.25, -0.2) is 9.97 Å². The summed E-state index contributed by atoms with van der Waals surface area (Å²) in [6, 6.07) is 17.6. The van der Waals surface area contributed by atoms with E-state index in [0.717, 1.165) is 35.7 Å². The van der Waals surface area contributed by atoms with Crippen LogP contribution in [-0.4, -0.2) is 61.2 Å². The largest absolute Gasteiger partial charge is 0.493 e. The number of hydrogen-bond donors (Lipinski definition) is 0. The Balaban J connectivity index is 1.37. The highest BCUT2D eigenvalue weighted by molar-refractivity contribution is 5.92. The number of hydrogen-bond acceptors (Lipinski definition) is 6. The molecule has 4 rings (SSSR count). The number of aromatic nitrogens is 2. The van der Waals surface area contributed by atoms with E-state index in [-0.39, 0.29) is 5.91 Å². The summed E-state index contributed by atoms with van der Waals surface area (Å²) in [5.74, 6) is 2.17. The lowest BCUT2D eigenvalue weighted by Gasteiger charge is -2.35. The van der Waals surface area contributed by atoms with E-state index in [9.17, 15) is 4.79 Å². The monoisotopic (exact) mass is 430 g/mol. The number of nitrogens with zero attached hydrogens (tertiary/aromatic N) is 4. The Hall–Kier alpha value is -3.87. The number of piperazine rings is 1. The molecular formula is C25H26N4O3. The van der Waals surface area contributed by atoms with Gasteiger partial charge in [0.05, 0.1) is 19.9 Å². The molecule has 0 unspecified atom stereocenters. The van der Waals surface area contributed by atoms with Gasteiger partial charge < -0.3 is 19.3 Å². The number of rotatable bonds is 6. The number of methoxy groups -OCH3 is 2. The molecule has 164 valence electrons. The first-order chi connectivity index (χ1) is 15.7.